The van der Waals surface area contributed by atoms with E-state index in [1.54, 1.807) is 0 Å². The van der Waals surface area contributed by atoms with E-state index in [1.165, 1.54) is 6.92 Å². The molecule has 1 amide bonds. The molecule has 0 aliphatic carbocycles. The lowest BCUT2D eigenvalue weighted by molar-refractivity contribution is -0.118. The van der Waals surface area contributed by atoms with Gasteiger partial charge in [-0.2, -0.15) is 0 Å². The van der Waals surface area contributed by atoms with Gasteiger partial charge in [-0.15, -0.1) is 0 Å². The van der Waals surface area contributed by atoms with Crippen molar-refractivity contribution in [3.05, 3.63) is 0 Å². The summed E-state index contributed by atoms with van der Waals surface area (Å²) < 4.78 is 5.64. The van der Waals surface area contributed by atoms with Crippen molar-refractivity contribution in [3.63, 3.8) is 0 Å². The zero-order valence-corrected chi connectivity index (χ0v) is 9.01. The number of hydrogen-bond donors (Lipinski definition) is 2. The number of rotatable bonds is 5. The second-order valence-electron chi connectivity index (χ2n) is 3.83. The molecular weight excluding hydrogens is 180 g/mol. The lowest BCUT2D eigenvalue weighted by atomic mass is 10.2. The minimum Gasteiger partial charge on any atom is -0.374 e. The van der Waals surface area contributed by atoms with Crippen molar-refractivity contribution in [1.82, 2.24) is 10.6 Å². The number of hydrogen-bond acceptors (Lipinski definition) is 3. The number of amides is 1. The van der Waals surface area contributed by atoms with Gasteiger partial charge in [0.1, 0.15) is 0 Å². The molecule has 1 aliphatic rings. The van der Waals surface area contributed by atoms with Gasteiger partial charge in [-0.25, -0.2) is 0 Å². The zero-order valence-electron chi connectivity index (χ0n) is 9.01. The van der Waals surface area contributed by atoms with E-state index in [0.717, 1.165) is 25.9 Å². The summed E-state index contributed by atoms with van der Waals surface area (Å²) in [6, 6.07) is 0. The Morgan fingerprint density at radius 3 is 2.79 bits per heavy atom. The maximum Gasteiger partial charge on any atom is 0.216 e. The average molecular weight is 200 g/mol. The third-order valence-electron chi connectivity index (χ3n) is 2.37. The van der Waals surface area contributed by atoms with Crippen molar-refractivity contribution < 1.29 is 9.53 Å². The Labute approximate surface area is 85.4 Å². The lowest BCUT2D eigenvalue weighted by Crippen LogP contribution is -2.34. The van der Waals surface area contributed by atoms with Gasteiger partial charge in [0.25, 0.3) is 0 Å². The maximum atomic E-state index is 10.5. The predicted octanol–water partition coefficient (Wildman–Crippen LogP) is 0.280. The Hall–Kier alpha value is -0.610. The summed E-state index contributed by atoms with van der Waals surface area (Å²) >= 11 is 0. The van der Waals surface area contributed by atoms with Gasteiger partial charge >= 0.3 is 0 Å². The van der Waals surface area contributed by atoms with Crippen LogP contribution in [0.2, 0.25) is 0 Å². The first-order valence-corrected chi connectivity index (χ1v) is 5.29. The smallest absolute Gasteiger partial charge is 0.216 e. The largest absolute Gasteiger partial charge is 0.374 e. The van der Waals surface area contributed by atoms with Gasteiger partial charge in [0.05, 0.1) is 12.2 Å². The van der Waals surface area contributed by atoms with E-state index >= 15 is 0 Å². The molecule has 1 aliphatic heterocycles. The van der Waals surface area contributed by atoms with E-state index in [9.17, 15) is 4.79 Å². The fourth-order valence-electron chi connectivity index (χ4n) is 1.63. The summed E-state index contributed by atoms with van der Waals surface area (Å²) in [5, 5.41) is 6.00. The van der Waals surface area contributed by atoms with Gasteiger partial charge in [-0.1, -0.05) is 0 Å². The highest BCUT2D eigenvalue weighted by Crippen LogP contribution is 2.17. The third kappa shape index (κ3) is 4.58. The number of carbonyl (C=O) groups excluding carboxylic acids is 1. The summed E-state index contributed by atoms with van der Waals surface area (Å²) in [6.45, 7) is 6.04. The minimum atomic E-state index is 0.0255. The molecule has 0 aromatic heterocycles. The standard InChI is InChI=1S/C10H20N2O2/c1-8-3-4-10(14-8)7-11-5-6-12-9(2)13/h8,10-11H,3-7H2,1-2H3,(H,12,13). The fraction of sp³-hybridized carbons (Fsp3) is 0.900. The van der Waals surface area contributed by atoms with Gasteiger partial charge in [0, 0.05) is 26.6 Å². The maximum absolute atomic E-state index is 10.5. The monoisotopic (exact) mass is 200 g/mol. The van der Waals surface area contributed by atoms with E-state index < -0.39 is 0 Å². The highest BCUT2D eigenvalue weighted by atomic mass is 16.5. The summed E-state index contributed by atoms with van der Waals surface area (Å²) in [5.41, 5.74) is 0. The van der Waals surface area contributed by atoms with E-state index in [2.05, 4.69) is 17.6 Å². The van der Waals surface area contributed by atoms with Gasteiger partial charge in [-0.3, -0.25) is 4.79 Å². The molecule has 1 rings (SSSR count). The molecular formula is C10H20N2O2. The molecule has 1 saturated heterocycles. The first-order chi connectivity index (χ1) is 6.68. The Morgan fingerprint density at radius 2 is 2.21 bits per heavy atom. The van der Waals surface area contributed by atoms with E-state index in [0.29, 0.717) is 18.8 Å². The van der Waals surface area contributed by atoms with Crippen LogP contribution in [-0.4, -0.2) is 37.7 Å². The molecule has 4 nitrogen and oxygen atoms in total. The van der Waals surface area contributed by atoms with Crippen LogP contribution >= 0.6 is 0 Å². The van der Waals surface area contributed by atoms with Crippen LogP contribution in [0, 0.1) is 0 Å². The van der Waals surface area contributed by atoms with Crippen LogP contribution in [0.3, 0.4) is 0 Å². The van der Waals surface area contributed by atoms with Crippen molar-refractivity contribution in [2.45, 2.75) is 38.9 Å². The first kappa shape index (κ1) is 11.5. The van der Waals surface area contributed by atoms with Gasteiger partial charge in [0.15, 0.2) is 0 Å². The van der Waals surface area contributed by atoms with Crippen molar-refractivity contribution in [2.75, 3.05) is 19.6 Å². The first-order valence-electron chi connectivity index (χ1n) is 5.29. The van der Waals surface area contributed by atoms with Gasteiger partial charge < -0.3 is 15.4 Å². The number of carbonyl (C=O) groups is 1. The highest BCUT2D eigenvalue weighted by Gasteiger charge is 2.20. The minimum absolute atomic E-state index is 0.0255. The molecule has 2 atom stereocenters. The molecule has 0 bridgehead atoms. The Kier molecular flexibility index (Phi) is 4.90. The molecule has 2 N–H and O–H groups in total. The van der Waals surface area contributed by atoms with Crippen LogP contribution in [0.1, 0.15) is 26.7 Å². The molecule has 0 spiro atoms. The van der Waals surface area contributed by atoms with Crippen LogP contribution in [0.15, 0.2) is 0 Å². The topological polar surface area (TPSA) is 50.4 Å². The van der Waals surface area contributed by atoms with E-state index in [1.807, 2.05) is 0 Å². The second-order valence-corrected chi connectivity index (χ2v) is 3.83. The lowest BCUT2D eigenvalue weighted by Gasteiger charge is -2.12. The summed E-state index contributed by atoms with van der Waals surface area (Å²) in [7, 11) is 0. The quantitative estimate of drug-likeness (QED) is 0.627. The van der Waals surface area contributed by atoms with Crippen LogP contribution in [0.5, 0.6) is 0 Å². The molecule has 1 heterocycles. The van der Waals surface area contributed by atoms with Crippen LogP contribution < -0.4 is 10.6 Å². The van der Waals surface area contributed by atoms with Crippen molar-refractivity contribution in [3.8, 4) is 0 Å². The van der Waals surface area contributed by atoms with Gasteiger partial charge in [-0.05, 0) is 19.8 Å². The zero-order chi connectivity index (χ0) is 10.4. The Balaban J connectivity index is 1.91. The number of nitrogens with one attached hydrogen (secondary N) is 2. The van der Waals surface area contributed by atoms with Gasteiger partial charge in [0.2, 0.25) is 5.91 Å². The molecule has 0 radical (unpaired) electrons. The molecule has 2 unspecified atom stereocenters. The fourth-order valence-corrected chi connectivity index (χ4v) is 1.63. The molecule has 14 heavy (non-hydrogen) atoms. The third-order valence-corrected chi connectivity index (χ3v) is 2.37. The highest BCUT2D eigenvalue weighted by molar-refractivity contribution is 5.72. The van der Waals surface area contributed by atoms with Crippen molar-refractivity contribution in [2.24, 2.45) is 0 Å². The number of ether oxygens (including phenoxy) is 1. The predicted molar refractivity (Wildman–Crippen MR) is 55.1 cm³/mol. The molecule has 82 valence electrons. The molecule has 0 aromatic rings. The Bertz CT molecular complexity index is 185. The summed E-state index contributed by atoms with van der Waals surface area (Å²) in [4.78, 5) is 10.5. The summed E-state index contributed by atoms with van der Waals surface area (Å²) in [6.07, 6.45) is 3.09. The van der Waals surface area contributed by atoms with E-state index in [-0.39, 0.29) is 5.91 Å². The van der Waals surface area contributed by atoms with Crippen molar-refractivity contribution in [1.29, 1.82) is 0 Å². The van der Waals surface area contributed by atoms with Crippen molar-refractivity contribution >= 4 is 5.91 Å². The molecule has 4 heteroatoms. The average Bonchev–Trinajstić information content (AvgIpc) is 2.50. The van der Waals surface area contributed by atoms with Crippen LogP contribution in [0.4, 0.5) is 0 Å². The van der Waals surface area contributed by atoms with Crippen LogP contribution in [0.25, 0.3) is 0 Å². The van der Waals surface area contributed by atoms with E-state index in [4.69, 9.17) is 4.74 Å². The van der Waals surface area contributed by atoms with Crippen LogP contribution in [-0.2, 0) is 9.53 Å². The Morgan fingerprint density at radius 1 is 1.43 bits per heavy atom. The molecule has 1 fully saturated rings. The second kappa shape index (κ2) is 5.98. The summed E-state index contributed by atoms with van der Waals surface area (Å²) in [5.74, 6) is 0.0255. The normalized spacial score (nSPS) is 26.4. The SMILES string of the molecule is CC(=O)NCCNCC1CCC(C)O1. The molecule has 0 saturated carbocycles. The molecule has 0 aromatic carbocycles.